The van der Waals surface area contributed by atoms with E-state index in [1.807, 2.05) is 6.92 Å². The van der Waals surface area contributed by atoms with Gasteiger partial charge in [-0.2, -0.15) is 18.3 Å². The summed E-state index contributed by atoms with van der Waals surface area (Å²) in [5.74, 6) is -0.700. The average molecular weight is 460 g/mol. The van der Waals surface area contributed by atoms with Gasteiger partial charge in [-0.15, -0.1) is 0 Å². The van der Waals surface area contributed by atoms with Gasteiger partial charge < -0.3 is 4.74 Å². The van der Waals surface area contributed by atoms with Gasteiger partial charge in [-0.3, -0.25) is 0 Å². The first kappa shape index (κ1) is 20.1. The number of esters is 1. The molecule has 10 heteroatoms. The minimum atomic E-state index is -4.60. The van der Waals surface area contributed by atoms with Gasteiger partial charge in [0.1, 0.15) is 5.69 Å². The number of benzene rings is 1. The van der Waals surface area contributed by atoms with E-state index in [2.05, 4.69) is 21.0 Å². The molecule has 0 amide bonds. The summed E-state index contributed by atoms with van der Waals surface area (Å²) >= 11 is 15.3. The van der Waals surface area contributed by atoms with E-state index in [0.717, 1.165) is 16.8 Å². The molecule has 0 atom stereocenters. The number of hydrogen-bond acceptors (Lipinski definition) is 3. The lowest BCUT2D eigenvalue weighted by atomic mass is 10.2. The highest BCUT2D eigenvalue weighted by molar-refractivity contribution is 9.10. The standard InChI is InChI=1S/C15H12BrCl2F3N2O2/c1-3-10-11(16)13(14(24)25-4-2)23(22-10)12-8(17)5-7(6-9(12)18)15(19,20)21/h5-6H,3-4H2,1-2H3. The zero-order chi connectivity index (χ0) is 18.9. The molecular formula is C15H12BrCl2F3N2O2. The lowest BCUT2D eigenvalue weighted by Crippen LogP contribution is -2.14. The number of alkyl halides is 3. The molecule has 4 nitrogen and oxygen atoms in total. The first-order chi connectivity index (χ1) is 11.6. The molecule has 2 aromatic rings. The highest BCUT2D eigenvalue weighted by Crippen LogP contribution is 2.39. The Kier molecular flexibility index (Phi) is 6.06. The van der Waals surface area contributed by atoms with Gasteiger partial charge >= 0.3 is 12.1 Å². The number of halogens is 6. The summed E-state index contributed by atoms with van der Waals surface area (Å²) in [5.41, 5.74) is -0.511. The Labute approximate surface area is 160 Å². The van der Waals surface area contributed by atoms with Crippen LogP contribution in [-0.2, 0) is 17.3 Å². The zero-order valence-electron chi connectivity index (χ0n) is 13.0. The van der Waals surface area contributed by atoms with Crippen molar-refractivity contribution in [2.75, 3.05) is 6.61 Å². The smallest absolute Gasteiger partial charge is 0.416 e. The highest BCUT2D eigenvalue weighted by Gasteiger charge is 2.33. The van der Waals surface area contributed by atoms with Crippen molar-refractivity contribution in [3.63, 3.8) is 0 Å². The van der Waals surface area contributed by atoms with E-state index in [1.54, 1.807) is 6.92 Å². The second-order valence-corrected chi connectivity index (χ2v) is 6.49. The van der Waals surface area contributed by atoms with Crippen LogP contribution in [0.1, 0.15) is 35.6 Å². The third kappa shape index (κ3) is 3.96. The van der Waals surface area contributed by atoms with Crippen LogP contribution in [0.25, 0.3) is 5.69 Å². The van der Waals surface area contributed by atoms with E-state index in [0.29, 0.717) is 16.6 Å². The minimum Gasteiger partial charge on any atom is -0.461 e. The molecule has 0 saturated carbocycles. The number of aryl methyl sites for hydroxylation is 1. The first-order valence-electron chi connectivity index (χ1n) is 7.12. The summed E-state index contributed by atoms with van der Waals surface area (Å²) in [5, 5.41) is 3.66. The molecule has 0 bridgehead atoms. The molecule has 0 radical (unpaired) electrons. The molecule has 136 valence electrons. The molecule has 2 rings (SSSR count). The van der Waals surface area contributed by atoms with Crippen LogP contribution in [0.3, 0.4) is 0 Å². The highest BCUT2D eigenvalue weighted by atomic mass is 79.9. The van der Waals surface area contributed by atoms with Crippen molar-refractivity contribution in [1.29, 1.82) is 0 Å². The largest absolute Gasteiger partial charge is 0.461 e. The summed E-state index contributed by atoms with van der Waals surface area (Å²) in [4.78, 5) is 12.3. The third-order valence-electron chi connectivity index (χ3n) is 3.25. The van der Waals surface area contributed by atoms with Gasteiger partial charge in [-0.1, -0.05) is 30.1 Å². The fourth-order valence-corrected chi connectivity index (χ4v) is 3.48. The monoisotopic (exact) mass is 458 g/mol. The van der Waals surface area contributed by atoms with E-state index in [1.165, 1.54) is 0 Å². The molecule has 0 aliphatic carbocycles. The fourth-order valence-electron chi connectivity index (χ4n) is 2.14. The number of carbonyl (C=O) groups is 1. The maximum atomic E-state index is 12.9. The predicted octanol–water partition coefficient (Wildman–Crippen LogP) is 5.70. The van der Waals surface area contributed by atoms with E-state index in [-0.39, 0.29) is 28.0 Å². The topological polar surface area (TPSA) is 44.1 Å². The Bertz CT molecular complexity index is 799. The van der Waals surface area contributed by atoms with Crippen LogP contribution in [0.5, 0.6) is 0 Å². The quantitative estimate of drug-likeness (QED) is 0.551. The van der Waals surface area contributed by atoms with Crippen LogP contribution >= 0.6 is 39.1 Å². The SMILES string of the molecule is CCOC(=O)c1c(Br)c(CC)nn1-c1c(Cl)cc(C(F)(F)F)cc1Cl. The number of aromatic nitrogens is 2. The van der Waals surface area contributed by atoms with Crippen molar-refractivity contribution >= 4 is 45.1 Å². The Hall–Kier alpha value is -1.25. The second-order valence-electron chi connectivity index (χ2n) is 4.88. The van der Waals surface area contributed by atoms with Crippen molar-refractivity contribution in [2.24, 2.45) is 0 Å². The van der Waals surface area contributed by atoms with Gasteiger partial charge in [0.25, 0.3) is 0 Å². The molecule has 0 spiro atoms. The second kappa shape index (κ2) is 7.55. The molecule has 0 N–H and O–H groups in total. The van der Waals surface area contributed by atoms with Crippen LogP contribution in [-0.4, -0.2) is 22.4 Å². The number of ether oxygens (including phenoxy) is 1. The molecule has 0 aliphatic heterocycles. The van der Waals surface area contributed by atoms with Gasteiger partial charge in [0.15, 0.2) is 5.69 Å². The van der Waals surface area contributed by atoms with E-state index in [4.69, 9.17) is 27.9 Å². The Morgan fingerprint density at radius 3 is 2.28 bits per heavy atom. The molecule has 1 heterocycles. The molecule has 1 aromatic heterocycles. The Morgan fingerprint density at radius 1 is 1.28 bits per heavy atom. The van der Waals surface area contributed by atoms with Crippen LogP contribution < -0.4 is 0 Å². The molecule has 0 fully saturated rings. The van der Waals surface area contributed by atoms with Crippen LogP contribution in [0.4, 0.5) is 13.2 Å². The summed E-state index contributed by atoms with van der Waals surface area (Å²) < 4.78 is 45.1. The average Bonchev–Trinajstić information content (AvgIpc) is 2.82. The number of carbonyl (C=O) groups excluding carboxylic acids is 1. The summed E-state index contributed by atoms with van der Waals surface area (Å²) in [6.07, 6.45) is -4.13. The zero-order valence-corrected chi connectivity index (χ0v) is 16.1. The fraction of sp³-hybridized carbons (Fsp3) is 0.333. The predicted molar refractivity (Wildman–Crippen MR) is 91.6 cm³/mol. The van der Waals surface area contributed by atoms with Crippen molar-refractivity contribution < 1.29 is 22.7 Å². The number of hydrogen-bond donors (Lipinski definition) is 0. The molecular weight excluding hydrogens is 448 g/mol. The summed E-state index contributed by atoms with van der Waals surface area (Å²) in [6.45, 7) is 3.56. The summed E-state index contributed by atoms with van der Waals surface area (Å²) in [7, 11) is 0. The van der Waals surface area contributed by atoms with Crippen LogP contribution in [0, 0.1) is 0 Å². The lowest BCUT2D eigenvalue weighted by molar-refractivity contribution is -0.137. The molecule has 0 saturated heterocycles. The minimum absolute atomic E-state index is 0.00209. The molecule has 0 aliphatic rings. The van der Waals surface area contributed by atoms with Crippen molar-refractivity contribution in [1.82, 2.24) is 9.78 Å². The van der Waals surface area contributed by atoms with Gasteiger partial charge in [0.2, 0.25) is 0 Å². The molecule has 0 unspecified atom stereocenters. The first-order valence-corrected chi connectivity index (χ1v) is 8.67. The van der Waals surface area contributed by atoms with Gasteiger partial charge in [-0.25, -0.2) is 9.48 Å². The van der Waals surface area contributed by atoms with Crippen molar-refractivity contribution in [3.8, 4) is 5.69 Å². The molecule has 25 heavy (non-hydrogen) atoms. The van der Waals surface area contributed by atoms with E-state index < -0.39 is 17.7 Å². The van der Waals surface area contributed by atoms with Crippen molar-refractivity contribution in [2.45, 2.75) is 26.4 Å². The van der Waals surface area contributed by atoms with Gasteiger partial charge in [0.05, 0.1) is 32.4 Å². The maximum absolute atomic E-state index is 12.9. The van der Waals surface area contributed by atoms with Gasteiger partial charge in [-0.05, 0) is 41.4 Å². The number of rotatable bonds is 4. The van der Waals surface area contributed by atoms with E-state index >= 15 is 0 Å². The Balaban J connectivity index is 2.72. The lowest BCUT2D eigenvalue weighted by Gasteiger charge is -2.14. The van der Waals surface area contributed by atoms with E-state index in [9.17, 15) is 18.0 Å². The van der Waals surface area contributed by atoms with Gasteiger partial charge in [0, 0.05) is 0 Å². The van der Waals surface area contributed by atoms with Crippen LogP contribution in [0.15, 0.2) is 16.6 Å². The normalized spacial score (nSPS) is 11.7. The number of nitrogens with zero attached hydrogens (tertiary/aromatic N) is 2. The van der Waals surface area contributed by atoms with Crippen molar-refractivity contribution in [3.05, 3.63) is 43.6 Å². The third-order valence-corrected chi connectivity index (χ3v) is 4.66. The maximum Gasteiger partial charge on any atom is 0.416 e. The Morgan fingerprint density at radius 2 is 1.84 bits per heavy atom. The summed E-state index contributed by atoms with van der Waals surface area (Å²) in [6, 6.07) is 1.47. The van der Waals surface area contributed by atoms with Crippen LogP contribution in [0.2, 0.25) is 10.0 Å². The molecule has 1 aromatic carbocycles.